The fourth-order valence-corrected chi connectivity index (χ4v) is 4.17. The second-order valence-electron chi connectivity index (χ2n) is 4.88. The van der Waals surface area contributed by atoms with Crippen LogP contribution in [0.1, 0.15) is 32.1 Å². The van der Waals surface area contributed by atoms with Crippen LogP contribution in [-0.2, 0) is 10.0 Å². The predicted molar refractivity (Wildman–Crippen MR) is 59.8 cm³/mol. The average Bonchev–Trinajstić information content (AvgIpc) is 2.82. The lowest BCUT2D eigenvalue weighted by Crippen LogP contribution is -2.41. The van der Waals surface area contributed by atoms with Crippen LogP contribution in [0.5, 0.6) is 0 Å². The third-order valence-corrected chi connectivity index (χ3v) is 5.02. The zero-order valence-electron chi connectivity index (χ0n) is 8.98. The van der Waals surface area contributed by atoms with Gasteiger partial charge in [-0.05, 0) is 44.1 Å². The third-order valence-electron chi connectivity index (χ3n) is 3.44. The van der Waals surface area contributed by atoms with Crippen LogP contribution in [0.4, 0.5) is 0 Å². The van der Waals surface area contributed by atoms with Gasteiger partial charge in [-0.3, -0.25) is 0 Å². The molecule has 2 saturated carbocycles. The van der Waals surface area contributed by atoms with E-state index in [0.29, 0.717) is 24.1 Å². The Hall–Kier alpha value is -0.130. The molecule has 0 radical (unpaired) electrons. The van der Waals surface area contributed by atoms with Crippen molar-refractivity contribution in [3.05, 3.63) is 0 Å². The van der Waals surface area contributed by atoms with Crippen molar-refractivity contribution in [2.45, 2.75) is 38.1 Å². The molecule has 2 aliphatic carbocycles. The van der Waals surface area contributed by atoms with Gasteiger partial charge in [-0.2, -0.15) is 0 Å². The zero-order chi connectivity index (χ0) is 10.9. The molecule has 4 nitrogen and oxygen atoms in total. The molecule has 0 aromatic heterocycles. The topological polar surface area (TPSA) is 72.2 Å². The van der Waals surface area contributed by atoms with Crippen LogP contribution in [0.25, 0.3) is 0 Å². The quantitative estimate of drug-likeness (QED) is 0.722. The molecule has 2 rings (SSSR count). The minimum atomic E-state index is -3.05. The van der Waals surface area contributed by atoms with Gasteiger partial charge in [0.15, 0.2) is 0 Å². The van der Waals surface area contributed by atoms with Crippen LogP contribution in [0.3, 0.4) is 0 Å². The van der Waals surface area contributed by atoms with Crippen LogP contribution in [0, 0.1) is 11.8 Å². The molecule has 2 atom stereocenters. The monoisotopic (exact) mass is 232 g/mol. The SMILES string of the molecule is NCC1CCCC1NS(=O)(=O)CC1CC1. The molecular weight excluding hydrogens is 212 g/mol. The highest BCUT2D eigenvalue weighted by Gasteiger charge is 2.33. The molecular formula is C10H20N2O2S. The summed E-state index contributed by atoms with van der Waals surface area (Å²) in [6, 6.07) is 0.0961. The summed E-state index contributed by atoms with van der Waals surface area (Å²) in [5.41, 5.74) is 5.62. The predicted octanol–water partition coefficient (Wildman–Crippen LogP) is 0.443. The summed E-state index contributed by atoms with van der Waals surface area (Å²) in [6.45, 7) is 0.594. The third kappa shape index (κ3) is 3.16. The van der Waals surface area contributed by atoms with E-state index >= 15 is 0 Å². The maximum atomic E-state index is 11.7. The first kappa shape index (κ1) is 11.4. The number of sulfonamides is 1. The van der Waals surface area contributed by atoms with Gasteiger partial charge >= 0.3 is 0 Å². The fraction of sp³-hybridized carbons (Fsp3) is 1.00. The number of rotatable bonds is 5. The highest BCUT2D eigenvalue weighted by molar-refractivity contribution is 7.89. The van der Waals surface area contributed by atoms with E-state index < -0.39 is 10.0 Å². The molecule has 88 valence electrons. The standard InChI is InChI=1S/C10H20N2O2S/c11-6-9-2-1-3-10(9)12-15(13,14)7-8-4-5-8/h8-10,12H,1-7,11H2. The van der Waals surface area contributed by atoms with Crippen molar-refractivity contribution < 1.29 is 8.42 Å². The first-order valence-corrected chi connectivity index (χ1v) is 7.46. The highest BCUT2D eigenvalue weighted by Crippen LogP contribution is 2.31. The minimum absolute atomic E-state index is 0.0961. The Bertz CT molecular complexity index is 311. The van der Waals surface area contributed by atoms with Gasteiger partial charge in [-0.15, -0.1) is 0 Å². The summed E-state index contributed by atoms with van der Waals surface area (Å²) >= 11 is 0. The molecule has 3 N–H and O–H groups in total. The molecule has 0 aromatic carbocycles. The van der Waals surface area contributed by atoms with Gasteiger partial charge in [0.1, 0.15) is 0 Å². The van der Waals surface area contributed by atoms with E-state index in [1.165, 1.54) is 0 Å². The Morgan fingerprint density at radius 3 is 2.53 bits per heavy atom. The summed E-state index contributed by atoms with van der Waals surface area (Å²) in [7, 11) is -3.05. The van der Waals surface area contributed by atoms with Crippen LogP contribution >= 0.6 is 0 Å². The Kier molecular flexibility index (Phi) is 3.33. The van der Waals surface area contributed by atoms with Gasteiger partial charge in [0.2, 0.25) is 10.0 Å². The summed E-state index contributed by atoms with van der Waals surface area (Å²) in [5.74, 6) is 1.08. The van der Waals surface area contributed by atoms with Gasteiger partial charge in [-0.1, -0.05) is 6.42 Å². The molecule has 0 aromatic rings. The first-order valence-electron chi connectivity index (χ1n) is 5.81. The van der Waals surface area contributed by atoms with E-state index in [1.54, 1.807) is 0 Å². The van der Waals surface area contributed by atoms with E-state index in [9.17, 15) is 8.42 Å². The zero-order valence-corrected chi connectivity index (χ0v) is 9.80. The maximum Gasteiger partial charge on any atom is 0.212 e. The second kappa shape index (κ2) is 4.39. The molecule has 0 aliphatic heterocycles. The van der Waals surface area contributed by atoms with E-state index in [2.05, 4.69) is 4.72 Å². The summed E-state index contributed by atoms with van der Waals surface area (Å²) in [5, 5.41) is 0. The second-order valence-corrected chi connectivity index (χ2v) is 6.67. The molecule has 0 heterocycles. The molecule has 0 spiro atoms. The van der Waals surface area contributed by atoms with E-state index in [-0.39, 0.29) is 6.04 Å². The lowest BCUT2D eigenvalue weighted by molar-refractivity contribution is 0.452. The van der Waals surface area contributed by atoms with Crippen LogP contribution in [-0.4, -0.2) is 26.8 Å². The van der Waals surface area contributed by atoms with Crippen molar-refractivity contribution in [3.8, 4) is 0 Å². The lowest BCUT2D eigenvalue weighted by atomic mass is 10.1. The van der Waals surface area contributed by atoms with Gasteiger partial charge in [0.05, 0.1) is 5.75 Å². The molecule has 0 saturated heterocycles. The molecule has 2 aliphatic rings. The van der Waals surface area contributed by atoms with Crippen LogP contribution in [0.2, 0.25) is 0 Å². The summed E-state index contributed by atoms with van der Waals surface area (Å²) < 4.78 is 26.3. The van der Waals surface area contributed by atoms with Gasteiger partial charge < -0.3 is 5.73 Å². The van der Waals surface area contributed by atoms with E-state index in [0.717, 1.165) is 32.1 Å². The van der Waals surface area contributed by atoms with Gasteiger partial charge in [-0.25, -0.2) is 13.1 Å². The molecule has 2 fully saturated rings. The van der Waals surface area contributed by atoms with Gasteiger partial charge in [0.25, 0.3) is 0 Å². The average molecular weight is 232 g/mol. The Morgan fingerprint density at radius 1 is 1.20 bits per heavy atom. The first-order chi connectivity index (χ1) is 7.11. The smallest absolute Gasteiger partial charge is 0.212 e. The van der Waals surface area contributed by atoms with Crippen molar-refractivity contribution in [1.29, 1.82) is 0 Å². The van der Waals surface area contributed by atoms with Crippen molar-refractivity contribution in [2.75, 3.05) is 12.3 Å². The molecule has 15 heavy (non-hydrogen) atoms. The lowest BCUT2D eigenvalue weighted by Gasteiger charge is -2.19. The Balaban J connectivity index is 1.88. The van der Waals surface area contributed by atoms with Crippen molar-refractivity contribution in [2.24, 2.45) is 17.6 Å². The Morgan fingerprint density at radius 2 is 1.93 bits per heavy atom. The maximum absolute atomic E-state index is 11.7. The molecule has 0 bridgehead atoms. The van der Waals surface area contributed by atoms with Crippen molar-refractivity contribution >= 4 is 10.0 Å². The number of hydrogen-bond donors (Lipinski definition) is 2. The number of nitrogens with two attached hydrogens (primary N) is 1. The largest absolute Gasteiger partial charge is 0.330 e. The molecule has 0 amide bonds. The molecule has 5 heteroatoms. The summed E-state index contributed by atoms with van der Waals surface area (Å²) in [4.78, 5) is 0. The normalized spacial score (nSPS) is 32.1. The molecule has 2 unspecified atom stereocenters. The van der Waals surface area contributed by atoms with Crippen molar-refractivity contribution in [3.63, 3.8) is 0 Å². The highest BCUT2D eigenvalue weighted by atomic mass is 32.2. The summed E-state index contributed by atoms with van der Waals surface area (Å²) in [6.07, 6.45) is 5.26. The Labute approximate surface area is 91.7 Å². The fourth-order valence-electron chi connectivity index (χ4n) is 2.35. The van der Waals surface area contributed by atoms with Crippen molar-refractivity contribution in [1.82, 2.24) is 4.72 Å². The van der Waals surface area contributed by atoms with Crippen LogP contribution < -0.4 is 10.5 Å². The van der Waals surface area contributed by atoms with E-state index in [1.807, 2.05) is 0 Å². The minimum Gasteiger partial charge on any atom is -0.330 e. The van der Waals surface area contributed by atoms with E-state index in [4.69, 9.17) is 5.73 Å². The number of hydrogen-bond acceptors (Lipinski definition) is 3. The number of nitrogens with one attached hydrogen (secondary N) is 1. The van der Waals surface area contributed by atoms with Gasteiger partial charge in [0, 0.05) is 6.04 Å². The van der Waals surface area contributed by atoms with Crippen LogP contribution in [0.15, 0.2) is 0 Å².